The van der Waals surface area contributed by atoms with Gasteiger partial charge >= 0.3 is 5.97 Å². The normalized spacial score (nSPS) is 19.7. The lowest BCUT2D eigenvalue weighted by molar-refractivity contribution is -0.147. The van der Waals surface area contributed by atoms with Crippen molar-refractivity contribution < 1.29 is 19.2 Å². The maximum absolute atomic E-state index is 11.4. The van der Waals surface area contributed by atoms with Gasteiger partial charge in [-0.1, -0.05) is 5.16 Å². The third-order valence-electron chi connectivity index (χ3n) is 3.17. The molecule has 1 N–H and O–H groups in total. The standard InChI is InChI=1S/C11H13NO4/c1-7-6-9(16-12-7)11(10(14)15)4-2-8(13)3-5-11/h6H,2-5H2,1H3,(H,14,15). The van der Waals surface area contributed by atoms with Crippen molar-refractivity contribution in [2.45, 2.75) is 38.0 Å². The van der Waals surface area contributed by atoms with Crippen molar-refractivity contribution in [3.63, 3.8) is 0 Å². The zero-order chi connectivity index (χ0) is 11.8. The third kappa shape index (κ3) is 1.62. The first-order valence-electron chi connectivity index (χ1n) is 5.23. The smallest absolute Gasteiger partial charge is 0.317 e. The SMILES string of the molecule is Cc1cc(C2(C(=O)O)CCC(=O)CC2)on1. The minimum absolute atomic E-state index is 0.119. The van der Waals surface area contributed by atoms with Crippen LogP contribution in [0.25, 0.3) is 0 Å². The molecule has 0 radical (unpaired) electrons. The van der Waals surface area contributed by atoms with Crippen LogP contribution in [-0.4, -0.2) is 22.0 Å². The van der Waals surface area contributed by atoms with Crippen LogP contribution in [0.4, 0.5) is 0 Å². The molecule has 5 nitrogen and oxygen atoms in total. The quantitative estimate of drug-likeness (QED) is 0.820. The highest BCUT2D eigenvalue weighted by Crippen LogP contribution is 2.38. The summed E-state index contributed by atoms with van der Waals surface area (Å²) in [5.74, 6) is -0.450. The summed E-state index contributed by atoms with van der Waals surface area (Å²) in [6, 6.07) is 1.64. The molecule has 0 aliphatic heterocycles. The number of ketones is 1. The second-order valence-electron chi connectivity index (χ2n) is 4.26. The fourth-order valence-corrected chi connectivity index (χ4v) is 2.11. The van der Waals surface area contributed by atoms with Gasteiger partial charge in [0.1, 0.15) is 11.2 Å². The van der Waals surface area contributed by atoms with Gasteiger partial charge in [0.05, 0.1) is 5.69 Å². The van der Waals surface area contributed by atoms with E-state index in [1.54, 1.807) is 13.0 Å². The second kappa shape index (κ2) is 3.73. The fourth-order valence-electron chi connectivity index (χ4n) is 2.11. The van der Waals surface area contributed by atoms with Crippen molar-refractivity contribution in [1.29, 1.82) is 0 Å². The predicted octanol–water partition coefficient (Wildman–Crippen LogP) is 1.45. The van der Waals surface area contributed by atoms with Crippen molar-refractivity contribution in [1.82, 2.24) is 5.16 Å². The minimum atomic E-state index is -1.06. The minimum Gasteiger partial charge on any atom is -0.480 e. The first-order chi connectivity index (χ1) is 7.54. The monoisotopic (exact) mass is 223 g/mol. The summed E-state index contributed by atoms with van der Waals surface area (Å²) in [6.07, 6.45) is 1.20. The molecule has 86 valence electrons. The Morgan fingerprint density at radius 3 is 2.56 bits per heavy atom. The van der Waals surface area contributed by atoms with Crippen LogP contribution in [0.3, 0.4) is 0 Å². The second-order valence-corrected chi connectivity index (χ2v) is 4.26. The van der Waals surface area contributed by atoms with E-state index in [1.807, 2.05) is 0 Å². The van der Waals surface area contributed by atoms with E-state index in [0.717, 1.165) is 0 Å². The molecule has 0 amide bonds. The fraction of sp³-hybridized carbons (Fsp3) is 0.545. The molecule has 1 saturated carbocycles. The highest BCUT2D eigenvalue weighted by Gasteiger charge is 2.46. The number of Topliss-reactive ketones (excluding diaryl/α,β-unsaturated/α-hetero) is 1. The van der Waals surface area contributed by atoms with Gasteiger partial charge in [-0.25, -0.2) is 0 Å². The number of carboxylic acids is 1. The Kier molecular flexibility index (Phi) is 2.53. The van der Waals surface area contributed by atoms with Crippen LogP contribution in [0.1, 0.15) is 37.1 Å². The van der Waals surface area contributed by atoms with E-state index < -0.39 is 11.4 Å². The maximum atomic E-state index is 11.4. The van der Waals surface area contributed by atoms with Gasteiger partial charge in [0.15, 0.2) is 5.76 Å². The molecule has 0 saturated heterocycles. The van der Waals surface area contributed by atoms with Gasteiger partial charge in [-0.05, 0) is 19.8 Å². The van der Waals surface area contributed by atoms with Crippen LogP contribution in [0.2, 0.25) is 0 Å². The Morgan fingerprint density at radius 2 is 2.12 bits per heavy atom. The zero-order valence-electron chi connectivity index (χ0n) is 9.02. The van der Waals surface area contributed by atoms with E-state index in [-0.39, 0.29) is 5.78 Å². The molecule has 1 aliphatic rings. The van der Waals surface area contributed by atoms with Crippen molar-refractivity contribution >= 4 is 11.8 Å². The van der Waals surface area contributed by atoms with Gasteiger partial charge in [0.2, 0.25) is 0 Å². The van der Waals surface area contributed by atoms with Gasteiger partial charge in [-0.2, -0.15) is 0 Å². The number of aliphatic carboxylic acids is 1. The van der Waals surface area contributed by atoms with Gasteiger partial charge in [0, 0.05) is 18.9 Å². The molecule has 2 rings (SSSR count). The molecule has 0 spiro atoms. The largest absolute Gasteiger partial charge is 0.480 e. The molecule has 0 bridgehead atoms. The molecule has 5 heteroatoms. The summed E-state index contributed by atoms with van der Waals surface area (Å²) in [4.78, 5) is 22.6. The number of nitrogens with zero attached hydrogens (tertiary/aromatic N) is 1. The number of carboxylic acid groups (broad SMARTS) is 1. The topological polar surface area (TPSA) is 80.4 Å². The van der Waals surface area contributed by atoms with Crippen LogP contribution in [0.15, 0.2) is 10.6 Å². The highest BCUT2D eigenvalue weighted by atomic mass is 16.5. The van der Waals surface area contributed by atoms with Crippen LogP contribution in [-0.2, 0) is 15.0 Å². The van der Waals surface area contributed by atoms with Crippen molar-refractivity contribution in [2.75, 3.05) is 0 Å². The summed E-state index contributed by atoms with van der Waals surface area (Å²) in [5, 5.41) is 13.1. The summed E-state index contributed by atoms with van der Waals surface area (Å²) >= 11 is 0. The lowest BCUT2D eigenvalue weighted by Crippen LogP contribution is -2.39. The Bertz CT molecular complexity index is 425. The molecule has 0 unspecified atom stereocenters. The molecule has 1 fully saturated rings. The summed E-state index contributed by atoms with van der Waals surface area (Å²) in [5.41, 5.74) is -0.401. The number of aryl methyl sites for hydroxylation is 1. The first-order valence-corrected chi connectivity index (χ1v) is 5.23. The summed E-state index contributed by atoms with van der Waals surface area (Å²) in [6.45, 7) is 1.75. The molecular formula is C11H13NO4. The van der Waals surface area contributed by atoms with Gasteiger partial charge < -0.3 is 9.63 Å². The average Bonchev–Trinajstić information content (AvgIpc) is 2.66. The van der Waals surface area contributed by atoms with E-state index in [9.17, 15) is 14.7 Å². The lowest BCUT2D eigenvalue weighted by atomic mass is 9.72. The summed E-state index contributed by atoms with van der Waals surface area (Å²) in [7, 11) is 0. The van der Waals surface area contributed by atoms with Crippen LogP contribution in [0, 0.1) is 6.92 Å². The summed E-state index contributed by atoms with van der Waals surface area (Å²) < 4.78 is 5.06. The average molecular weight is 223 g/mol. The number of hydrogen-bond donors (Lipinski definition) is 1. The van der Waals surface area contributed by atoms with Gasteiger partial charge in [-0.15, -0.1) is 0 Å². The molecule has 0 atom stereocenters. The Balaban J connectivity index is 2.36. The predicted molar refractivity (Wildman–Crippen MR) is 54.0 cm³/mol. The molecule has 1 aromatic rings. The Hall–Kier alpha value is -1.65. The maximum Gasteiger partial charge on any atom is 0.317 e. The molecular weight excluding hydrogens is 210 g/mol. The van der Waals surface area contributed by atoms with E-state index in [1.165, 1.54) is 0 Å². The highest BCUT2D eigenvalue weighted by molar-refractivity contribution is 5.86. The van der Waals surface area contributed by atoms with Gasteiger partial charge in [0.25, 0.3) is 0 Å². The van der Waals surface area contributed by atoms with E-state index >= 15 is 0 Å². The number of carbonyl (C=O) groups excluding carboxylic acids is 1. The van der Waals surface area contributed by atoms with E-state index in [4.69, 9.17) is 4.52 Å². The molecule has 1 heterocycles. The van der Waals surface area contributed by atoms with Crippen molar-refractivity contribution in [2.24, 2.45) is 0 Å². The third-order valence-corrected chi connectivity index (χ3v) is 3.17. The Morgan fingerprint density at radius 1 is 1.50 bits per heavy atom. The zero-order valence-corrected chi connectivity index (χ0v) is 9.02. The van der Waals surface area contributed by atoms with E-state index in [2.05, 4.69) is 5.16 Å². The number of carbonyl (C=O) groups is 2. The van der Waals surface area contributed by atoms with Crippen molar-refractivity contribution in [3.05, 3.63) is 17.5 Å². The Labute approximate surface area is 92.4 Å². The van der Waals surface area contributed by atoms with Crippen molar-refractivity contribution in [3.8, 4) is 0 Å². The van der Waals surface area contributed by atoms with Gasteiger partial charge in [-0.3, -0.25) is 9.59 Å². The number of aromatic nitrogens is 1. The van der Waals surface area contributed by atoms with E-state index in [0.29, 0.717) is 37.1 Å². The van der Waals surface area contributed by atoms with Crippen LogP contribution < -0.4 is 0 Å². The first kappa shape index (κ1) is 10.9. The lowest BCUT2D eigenvalue weighted by Gasteiger charge is -2.29. The van der Waals surface area contributed by atoms with Crippen LogP contribution in [0.5, 0.6) is 0 Å². The molecule has 16 heavy (non-hydrogen) atoms. The number of hydrogen-bond acceptors (Lipinski definition) is 4. The molecule has 0 aromatic carbocycles. The molecule has 1 aromatic heterocycles. The number of rotatable bonds is 2. The van der Waals surface area contributed by atoms with Crippen LogP contribution >= 0.6 is 0 Å². The molecule has 1 aliphatic carbocycles.